The molecule has 0 saturated carbocycles. The number of nitrogens with two attached hydrogens (primary N) is 1. The Bertz CT molecular complexity index is 273. The monoisotopic (exact) mass is 221 g/mol. The molecule has 2 nitrogen and oxygen atoms in total. The molecule has 0 saturated heterocycles. The summed E-state index contributed by atoms with van der Waals surface area (Å²) in [6, 6.07) is 10.5. The molecule has 0 spiro atoms. The molecule has 0 radical (unpaired) electrons. The predicted molar refractivity (Wildman–Crippen MR) is 68.3 cm³/mol. The molecule has 90 valence electrons. The maximum Gasteiger partial charge on any atom is 0.0464 e. The Morgan fingerprint density at radius 1 is 1.12 bits per heavy atom. The molecule has 2 unspecified atom stereocenters. The van der Waals surface area contributed by atoms with Crippen molar-refractivity contribution in [2.75, 3.05) is 13.7 Å². The van der Waals surface area contributed by atoms with Gasteiger partial charge in [-0.15, -0.1) is 0 Å². The van der Waals surface area contributed by atoms with Crippen molar-refractivity contribution in [1.29, 1.82) is 0 Å². The normalized spacial score (nSPS) is 14.7. The van der Waals surface area contributed by atoms with Crippen LogP contribution in [0.3, 0.4) is 0 Å². The highest BCUT2D eigenvalue weighted by atomic mass is 16.5. The minimum Gasteiger partial charge on any atom is -0.385 e. The van der Waals surface area contributed by atoms with Gasteiger partial charge >= 0.3 is 0 Å². The van der Waals surface area contributed by atoms with Gasteiger partial charge in [0.25, 0.3) is 0 Å². The summed E-state index contributed by atoms with van der Waals surface area (Å²) in [6.07, 6.45) is 3.34. The molecule has 1 aromatic rings. The second-order valence-corrected chi connectivity index (χ2v) is 4.48. The Morgan fingerprint density at radius 2 is 1.81 bits per heavy atom. The van der Waals surface area contributed by atoms with Crippen LogP contribution in [-0.4, -0.2) is 13.7 Å². The molecule has 0 aromatic heterocycles. The van der Waals surface area contributed by atoms with Gasteiger partial charge in [0, 0.05) is 19.8 Å². The van der Waals surface area contributed by atoms with Gasteiger partial charge in [-0.25, -0.2) is 0 Å². The quantitative estimate of drug-likeness (QED) is 0.767. The van der Waals surface area contributed by atoms with Crippen molar-refractivity contribution < 1.29 is 4.74 Å². The minimum atomic E-state index is 0.172. The minimum absolute atomic E-state index is 0.172. The first-order chi connectivity index (χ1) is 7.74. The molecule has 0 fully saturated rings. The first-order valence-electron chi connectivity index (χ1n) is 6.03. The van der Waals surface area contributed by atoms with Crippen LogP contribution < -0.4 is 5.73 Å². The third kappa shape index (κ3) is 4.77. The second kappa shape index (κ2) is 7.42. The molecule has 0 amide bonds. The SMILES string of the molecule is COCCC(C)CCC(N)c1ccccc1. The van der Waals surface area contributed by atoms with Gasteiger partial charge in [0.15, 0.2) is 0 Å². The van der Waals surface area contributed by atoms with E-state index in [1.54, 1.807) is 7.11 Å². The third-order valence-corrected chi connectivity index (χ3v) is 3.01. The molecule has 2 atom stereocenters. The Balaban J connectivity index is 2.27. The largest absolute Gasteiger partial charge is 0.385 e. The van der Waals surface area contributed by atoms with E-state index in [1.165, 1.54) is 12.0 Å². The maximum atomic E-state index is 6.14. The molecular weight excluding hydrogens is 198 g/mol. The van der Waals surface area contributed by atoms with Crippen LogP contribution in [0.4, 0.5) is 0 Å². The summed E-state index contributed by atoms with van der Waals surface area (Å²) in [7, 11) is 1.75. The number of ether oxygens (including phenoxy) is 1. The van der Waals surface area contributed by atoms with Crippen molar-refractivity contribution in [3.8, 4) is 0 Å². The molecule has 0 heterocycles. The van der Waals surface area contributed by atoms with Crippen LogP contribution in [0.5, 0.6) is 0 Å². The summed E-state index contributed by atoms with van der Waals surface area (Å²) in [5.74, 6) is 0.690. The van der Waals surface area contributed by atoms with E-state index in [4.69, 9.17) is 10.5 Å². The molecule has 0 bridgehead atoms. The van der Waals surface area contributed by atoms with Gasteiger partial charge in [-0.05, 0) is 30.7 Å². The van der Waals surface area contributed by atoms with Crippen molar-refractivity contribution >= 4 is 0 Å². The molecule has 0 aliphatic carbocycles. The molecular formula is C14H23NO. The van der Waals surface area contributed by atoms with E-state index in [0.717, 1.165) is 19.4 Å². The zero-order valence-corrected chi connectivity index (χ0v) is 10.4. The van der Waals surface area contributed by atoms with E-state index in [1.807, 2.05) is 18.2 Å². The standard InChI is InChI=1S/C14H23NO/c1-12(10-11-16-2)8-9-14(15)13-6-4-3-5-7-13/h3-7,12,14H,8-11,15H2,1-2H3. The van der Waals surface area contributed by atoms with Gasteiger partial charge in [0.05, 0.1) is 0 Å². The van der Waals surface area contributed by atoms with Gasteiger partial charge in [0.1, 0.15) is 0 Å². The summed E-state index contributed by atoms with van der Waals surface area (Å²) in [5, 5.41) is 0. The zero-order valence-electron chi connectivity index (χ0n) is 10.4. The number of benzene rings is 1. The van der Waals surface area contributed by atoms with Crippen LogP contribution in [0.2, 0.25) is 0 Å². The van der Waals surface area contributed by atoms with Crippen LogP contribution in [-0.2, 0) is 4.74 Å². The number of hydrogen-bond acceptors (Lipinski definition) is 2. The van der Waals surface area contributed by atoms with Gasteiger partial charge in [-0.3, -0.25) is 0 Å². The molecule has 2 N–H and O–H groups in total. The van der Waals surface area contributed by atoms with E-state index in [9.17, 15) is 0 Å². The Labute approximate surface area is 98.8 Å². The summed E-state index contributed by atoms with van der Waals surface area (Å²) in [6.45, 7) is 3.11. The number of rotatable bonds is 7. The van der Waals surface area contributed by atoms with Crippen molar-refractivity contribution in [3.63, 3.8) is 0 Å². The zero-order chi connectivity index (χ0) is 11.8. The average Bonchev–Trinajstić information content (AvgIpc) is 2.34. The summed E-state index contributed by atoms with van der Waals surface area (Å²) in [4.78, 5) is 0. The highest BCUT2D eigenvalue weighted by Crippen LogP contribution is 2.19. The molecule has 1 aromatic carbocycles. The van der Waals surface area contributed by atoms with Crippen LogP contribution >= 0.6 is 0 Å². The van der Waals surface area contributed by atoms with Gasteiger partial charge in [-0.1, -0.05) is 37.3 Å². The highest BCUT2D eigenvalue weighted by molar-refractivity contribution is 5.18. The van der Waals surface area contributed by atoms with Crippen LogP contribution in [0.1, 0.15) is 37.8 Å². The average molecular weight is 221 g/mol. The van der Waals surface area contributed by atoms with Gasteiger partial charge in [0.2, 0.25) is 0 Å². The topological polar surface area (TPSA) is 35.2 Å². The first-order valence-corrected chi connectivity index (χ1v) is 6.03. The molecule has 16 heavy (non-hydrogen) atoms. The van der Waals surface area contributed by atoms with Crippen LogP contribution in [0, 0.1) is 5.92 Å². The van der Waals surface area contributed by atoms with Crippen LogP contribution in [0.25, 0.3) is 0 Å². The van der Waals surface area contributed by atoms with Gasteiger partial charge < -0.3 is 10.5 Å². The lowest BCUT2D eigenvalue weighted by Gasteiger charge is -2.15. The highest BCUT2D eigenvalue weighted by Gasteiger charge is 2.08. The molecule has 1 rings (SSSR count). The molecule has 2 heteroatoms. The van der Waals surface area contributed by atoms with E-state index < -0.39 is 0 Å². The van der Waals surface area contributed by atoms with E-state index in [2.05, 4.69) is 19.1 Å². The molecule has 0 aliphatic rings. The van der Waals surface area contributed by atoms with Crippen molar-refractivity contribution in [1.82, 2.24) is 0 Å². The van der Waals surface area contributed by atoms with Crippen molar-refractivity contribution in [3.05, 3.63) is 35.9 Å². The first kappa shape index (κ1) is 13.2. The summed E-state index contributed by atoms with van der Waals surface area (Å²) in [5.41, 5.74) is 7.38. The fourth-order valence-electron chi connectivity index (χ4n) is 1.79. The second-order valence-electron chi connectivity index (χ2n) is 4.48. The third-order valence-electron chi connectivity index (χ3n) is 3.01. The Morgan fingerprint density at radius 3 is 2.44 bits per heavy atom. The van der Waals surface area contributed by atoms with Crippen molar-refractivity contribution in [2.45, 2.75) is 32.2 Å². The lowest BCUT2D eigenvalue weighted by atomic mass is 9.96. The lowest BCUT2D eigenvalue weighted by Crippen LogP contribution is -2.12. The van der Waals surface area contributed by atoms with Gasteiger partial charge in [-0.2, -0.15) is 0 Å². The smallest absolute Gasteiger partial charge is 0.0464 e. The fraction of sp³-hybridized carbons (Fsp3) is 0.571. The summed E-state index contributed by atoms with van der Waals surface area (Å²) < 4.78 is 5.07. The van der Waals surface area contributed by atoms with E-state index in [0.29, 0.717) is 5.92 Å². The predicted octanol–water partition coefficient (Wildman–Crippen LogP) is 3.14. The lowest BCUT2D eigenvalue weighted by molar-refractivity contribution is 0.177. The summed E-state index contributed by atoms with van der Waals surface area (Å²) >= 11 is 0. The van der Waals surface area contributed by atoms with Crippen LogP contribution in [0.15, 0.2) is 30.3 Å². The number of methoxy groups -OCH3 is 1. The van der Waals surface area contributed by atoms with E-state index in [-0.39, 0.29) is 6.04 Å². The van der Waals surface area contributed by atoms with E-state index >= 15 is 0 Å². The maximum absolute atomic E-state index is 6.14. The van der Waals surface area contributed by atoms with Crippen molar-refractivity contribution in [2.24, 2.45) is 11.7 Å². The fourth-order valence-corrected chi connectivity index (χ4v) is 1.79. The Kier molecular flexibility index (Phi) is 6.12. The molecule has 0 aliphatic heterocycles. The number of hydrogen-bond donors (Lipinski definition) is 1. The Hall–Kier alpha value is -0.860.